The zero-order valence-corrected chi connectivity index (χ0v) is 11.9. The van der Waals surface area contributed by atoms with Crippen molar-refractivity contribution in [3.05, 3.63) is 48.4 Å². The molecule has 0 radical (unpaired) electrons. The van der Waals surface area contributed by atoms with Gasteiger partial charge in [-0.15, -0.1) is 0 Å². The number of pyridine rings is 1. The molecule has 0 aliphatic carbocycles. The number of methoxy groups -OCH3 is 1. The molecule has 0 saturated heterocycles. The number of hydrogen-bond donors (Lipinski definition) is 0. The first-order chi connectivity index (χ1) is 10.3. The van der Waals surface area contributed by atoms with Crippen molar-refractivity contribution < 1.29 is 9.26 Å². The Labute approximate surface area is 122 Å². The number of benzene rings is 1. The molecule has 0 amide bonds. The van der Waals surface area contributed by atoms with Crippen LogP contribution >= 0.6 is 0 Å². The van der Waals surface area contributed by atoms with Gasteiger partial charge in [-0.3, -0.25) is 0 Å². The fourth-order valence-electron chi connectivity index (χ4n) is 2.04. The predicted molar refractivity (Wildman–Crippen MR) is 78.9 cm³/mol. The number of ether oxygens (including phenoxy) is 1. The Kier molecular flexibility index (Phi) is 3.64. The van der Waals surface area contributed by atoms with E-state index in [4.69, 9.17) is 9.26 Å². The summed E-state index contributed by atoms with van der Waals surface area (Å²) in [6.45, 7) is 1.96. The normalized spacial score (nSPS) is 10.6. The lowest BCUT2D eigenvalue weighted by molar-refractivity contribution is 0.381. The van der Waals surface area contributed by atoms with Crippen molar-refractivity contribution in [2.75, 3.05) is 7.11 Å². The second-order valence-electron chi connectivity index (χ2n) is 4.48. The number of aromatic nitrogens is 3. The van der Waals surface area contributed by atoms with E-state index in [-0.39, 0.29) is 0 Å². The molecular weight excluding hydrogens is 266 g/mol. The maximum absolute atomic E-state index is 5.37. The Morgan fingerprint density at radius 3 is 2.52 bits per heavy atom. The van der Waals surface area contributed by atoms with Crippen LogP contribution in [0.3, 0.4) is 0 Å². The van der Waals surface area contributed by atoms with Crippen molar-refractivity contribution in [3.63, 3.8) is 0 Å². The van der Waals surface area contributed by atoms with E-state index in [1.54, 1.807) is 7.11 Å². The second-order valence-corrected chi connectivity index (χ2v) is 4.48. The van der Waals surface area contributed by atoms with Crippen molar-refractivity contribution in [2.24, 2.45) is 0 Å². The number of hydrogen-bond acceptors (Lipinski definition) is 5. The fraction of sp³-hybridized carbons (Fsp3) is 0.188. The van der Waals surface area contributed by atoms with Gasteiger partial charge in [0.25, 0.3) is 0 Å². The van der Waals surface area contributed by atoms with Crippen LogP contribution in [-0.2, 0) is 6.42 Å². The molecule has 21 heavy (non-hydrogen) atoms. The van der Waals surface area contributed by atoms with Crippen molar-refractivity contribution in [3.8, 4) is 28.5 Å². The minimum Gasteiger partial charge on any atom is -0.480 e. The molecule has 0 unspecified atom stereocenters. The molecule has 106 valence electrons. The van der Waals surface area contributed by atoms with E-state index in [1.165, 1.54) is 0 Å². The highest BCUT2D eigenvalue weighted by Gasteiger charge is 2.15. The molecule has 2 heterocycles. The van der Waals surface area contributed by atoms with E-state index in [1.807, 2.05) is 49.4 Å². The van der Waals surface area contributed by atoms with Gasteiger partial charge in [0, 0.05) is 12.0 Å². The van der Waals surface area contributed by atoms with Gasteiger partial charge in [0.15, 0.2) is 0 Å². The highest BCUT2D eigenvalue weighted by atomic mass is 16.5. The van der Waals surface area contributed by atoms with Gasteiger partial charge in [0.2, 0.25) is 17.6 Å². The predicted octanol–water partition coefficient (Wildman–Crippen LogP) is 3.37. The topological polar surface area (TPSA) is 61.0 Å². The average molecular weight is 281 g/mol. The lowest BCUT2D eigenvalue weighted by Gasteiger charge is -2.07. The Hall–Kier alpha value is -2.69. The lowest BCUT2D eigenvalue weighted by Crippen LogP contribution is -1.95. The lowest BCUT2D eigenvalue weighted by atomic mass is 10.1. The summed E-state index contributed by atoms with van der Waals surface area (Å²) in [5, 5.41) is 3.96. The molecule has 0 fully saturated rings. The van der Waals surface area contributed by atoms with Crippen LogP contribution in [0.15, 0.2) is 47.0 Å². The molecule has 3 aromatic rings. The summed E-state index contributed by atoms with van der Waals surface area (Å²) in [7, 11) is 1.58. The van der Waals surface area contributed by atoms with E-state index in [0.29, 0.717) is 24.0 Å². The maximum Gasteiger partial charge on any atom is 0.226 e. The molecule has 0 spiro atoms. The van der Waals surface area contributed by atoms with Gasteiger partial charge in [0.1, 0.15) is 0 Å². The van der Waals surface area contributed by atoms with Gasteiger partial charge in [-0.25, -0.2) is 4.98 Å². The van der Waals surface area contributed by atoms with Crippen molar-refractivity contribution >= 4 is 0 Å². The first-order valence-corrected chi connectivity index (χ1v) is 6.75. The first-order valence-electron chi connectivity index (χ1n) is 6.75. The zero-order chi connectivity index (χ0) is 14.7. The summed E-state index contributed by atoms with van der Waals surface area (Å²) in [4.78, 5) is 8.84. The SMILES string of the molecule is CCc1nc(-c2ccc(-c3ccccc3)nc2OC)no1. The van der Waals surface area contributed by atoms with Gasteiger partial charge in [-0.05, 0) is 12.1 Å². The summed E-state index contributed by atoms with van der Waals surface area (Å²) in [6.07, 6.45) is 0.699. The van der Waals surface area contributed by atoms with E-state index >= 15 is 0 Å². The van der Waals surface area contributed by atoms with Gasteiger partial charge in [-0.1, -0.05) is 42.4 Å². The van der Waals surface area contributed by atoms with Gasteiger partial charge < -0.3 is 9.26 Å². The van der Waals surface area contributed by atoms with Crippen LogP contribution in [-0.4, -0.2) is 22.2 Å². The largest absolute Gasteiger partial charge is 0.480 e. The zero-order valence-electron chi connectivity index (χ0n) is 11.9. The number of rotatable bonds is 4. The summed E-state index contributed by atoms with van der Waals surface area (Å²) in [6, 6.07) is 13.8. The van der Waals surface area contributed by atoms with Crippen LogP contribution in [0.2, 0.25) is 0 Å². The first kappa shape index (κ1) is 13.3. The van der Waals surface area contributed by atoms with E-state index < -0.39 is 0 Å². The van der Waals surface area contributed by atoms with Crippen LogP contribution in [0, 0.1) is 0 Å². The maximum atomic E-state index is 5.37. The van der Waals surface area contributed by atoms with Crippen LogP contribution in [0.4, 0.5) is 0 Å². The Balaban J connectivity index is 2.03. The highest BCUT2D eigenvalue weighted by Crippen LogP contribution is 2.29. The molecule has 0 aliphatic rings. The molecule has 3 rings (SSSR count). The third-order valence-corrected chi connectivity index (χ3v) is 3.13. The van der Waals surface area contributed by atoms with E-state index in [9.17, 15) is 0 Å². The quantitative estimate of drug-likeness (QED) is 0.733. The van der Waals surface area contributed by atoms with Crippen molar-refractivity contribution in [1.82, 2.24) is 15.1 Å². The van der Waals surface area contributed by atoms with E-state index in [2.05, 4.69) is 15.1 Å². The molecule has 5 nitrogen and oxygen atoms in total. The highest BCUT2D eigenvalue weighted by molar-refractivity contribution is 5.67. The van der Waals surface area contributed by atoms with Crippen LogP contribution in [0.5, 0.6) is 5.88 Å². The fourth-order valence-corrected chi connectivity index (χ4v) is 2.04. The molecule has 0 atom stereocenters. The monoisotopic (exact) mass is 281 g/mol. The standard InChI is InChI=1S/C16H15N3O2/c1-3-14-18-15(19-21-14)12-9-10-13(17-16(12)20-2)11-7-5-4-6-8-11/h4-10H,3H2,1-2H3. The third-order valence-electron chi connectivity index (χ3n) is 3.13. The summed E-state index contributed by atoms with van der Waals surface area (Å²) >= 11 is 0. The molecule has 0 bridgehead atoms. The Morgan fingerprint density at radius 2 is 1.86 bits per heavy atom. The molecule has 2 aromatic heterocycles. The summed E-state index contributed by atoms with van der Waals surface area (Å²) in [5.74, 6) is 1.58. The van der Waals surface area contributed by atoms with Gasteiger partial charge in [0.05, 0.1) is 18.4 Å². The smallest absolute Gasteiger partial charge is 0.226 e. The van der Waals surface area contributed by atoms with Crippen molar-refractivity contribution in [2.45, 2.75) is 13.3 Å². The van der Waals surface area contributed by atoms with Crippen LogP contribution in [0.25, 0.3) is 22.6 Å². The minimum atomic E-state index is 0.486. The third kappa shape index (κ3) is 2.63. The van der Waals surface area contributed by atoms with Crippen LogP contribution < -0.4 is 4.74 Å². The van der Waals surface area contributed by atoms with Gasteiger partial charge in [-0.2, -0.15) is 4.98 Å². The molecule has 0 N–H and O–H groups in total. The summed E-state index contributed by atoms with van der Waals surface area (Å²) in [5.41, 5.74) is 2.60. The number of aryl methyl sites for hydroxylation is 1. The van der Waals surface area contributed by atoms with E-state index in [0.717, 1.165) is 16.8 Å². The molecular formula is C16H15N3O2. The minimum absolute atomic E-state index is 0.486. The van der Waals surface area contributed by atoms with Gasteiger partial charge >= 0.3 is 0 Å². The molecule has 0 saturated carbocycles. The molecule has 1 aromatic carbocycles. The molecule has 0 aliphatic heterocycles. The summed E-state index contributed by atoms with van der Waals surface area (Å²) < 4.78 is 10.5. The second kappa shape index (κ2) is 5.75. The van der Waals surface area contributed by atoms with Crippen molar-refractivity contribution in [1.29, 1.82) is 0 Å². The Morgan fingerprint density at radius 1 is 1.05 bits per heavy atom. The Bertz CT molecular complexity index is 738. The average Bonchev–Trinajstić information content (AvgIpc) is 3.04. The van der Waals surface area contributed by atoms with Crippen LogP contribution in [0.1, 0.15) is 12.8 Å². The number of nitrogens with zero attached hydrogens (tertiary/aromatic N) is 3. The molecule has 5 heteroatoms.